The van der Waals surface area contributed by atoms with Crippen LogP contribution < -0.4 is 16.4 Å². The van der Waals surface area contributed by atoms with Crippen molar-refractivity contribution in [3.05, 3.63) is 35.8 Å². The molecule has 0 radical (unpaired) electrons. The zero-order valence-electron chi connectivity index (χ0n) is 17.4. The lowest BCUT2D eigenvalue weighted by molar-refractivity contribution is -0.103. The Morgan fingerprint density at radius 3 is 2.61 bits per heavy atom. The van der Waals surface area contributed by atoms with Gasteiger partial charge in [-0.2, -0.15) is 5.26 Å². The fraction of sp³-hybridized carbons (Fsp3) is 0.476. The molecule has 2 aromatic heterocycles. The molecule has 2 aliphatic heterocycles. The summed E-state index contributed by atoms with van der Waals surface area (Å²) in [6.07, 6.45) is 8.36. The van der Waals surface area contributed by atoms with Crippen molar-refractivity contribution in [1.29, 1.82) is 5.26 Å². The van der Waals surface area contributed by atoms with E-state index in [1.54, 1.807) is 0 Å². The third kappa shape index (κ3) is 4.22. The van der Waals surface area contributed by atoms with E-state index >= 15 is 0 Å². The number of hydrogen-bond donors (Lipinski definition) is 2. The van der Waals surface area contributed by atoms with Gasteiger partial charge >= 0.3 is 0 Å². The van der Waals surface area contributed by atoms with Crippen LogP contribution in [0.5, 0.6) is 0 Å². The number of rotatable bonds is 7. The standard InChI is InChI=1S/C21H27N9O/c22-10-16(13-31)18-12-30(9-8-28-4-1-5-28)20(27-18)15-2-6-29(7-3-15)21-17(11-23)19(24)25-14-26-21/h10,12-15H,1-9,22H2,(H2,24,25,26). The van der Waals surface area contributed by atoms with Crippen LogP contribution in [0.1, 0.15) is 42.3 Å². The third-order valence-corrected chi connectivity index (χ3v) is 6.14. The molecule has 2 saturated heterocycles. The number of nitrogens with two attached hydrogens (primary N) is 2. The molecule has 2 aliphatic rings. The predicted molar refractivity (Wildman–Crippen MR) is 117 cm³/mol. The number of allylic oxidation sites excluding steroid dienone is 1. The van der Waals surface area contributed by atoms with E-state index in [1.807, 2.05) is 6.20 Å². The van der Waals surface area contributed by atoms with Crippen molar-refractivity contribution in [1.82, 2.24) is 24.4 Å². The number of imidazole rings is 1. The van der Waals surface area contributed by atoms with Gasteiger partial charge in [-0.25, -0.2) is 15.0 Å². The molecule has 0 amide bonds. The average molecular weight is 422 g/mol. The summed E-state index contributed by atoms with van der Waals surface area (Å²) in [6, 6.07) is 2.12. The van der Waals surface area contributed by atoms with Gasteiger partial charge < -0.3 is 25.8 Å². The van der Waals surface area contributed by atoms with Gasteiger partial charge in [-0.15, -0.1) is 0 Å². The maximum absolute atomic E-state index is 11.4. The Kier molecular flexibility index (Phi) is 6.13. The molecule has 2 fully saturated rings. The van der Waals surface area contributed by atoms with Crippen molar-refractivity contribution < 1.29 is 4.79 Å². The van der Waals surface area contributed by atoms with E-state index < -0.39 is 0 Å². The van der Waals surface area contributed by atoms with E-state index in [-0.39, 0.29) is 11.7 Å². The first-order valence-corrected chi connectivity index (χ1v) is 10.6. The van der Waals surface area contributed by atoms with Crippen LogP contribution in [0.4, 0.5) is 11.6 Å². The second-order valence-electron chi connectivity index (χ2n) is 7.94. The minimum atomic E-state index is 0.204. The number of nitrogen functional groups attached to an aromatic ring is 1. The van der Waals surface area contributed by atoms with E-state index in [0.717, 1.165) is 64.2 Å². The maximum Gasteiger partial charge on any atom is 0.153 e. The molecule has 0 atom stereocenters. The van der Waals surface area contributed by atoms with E-state index in [9.17, 15) is 10.1 Å². The molecule has 4 N–H and O–H groups in total. The van der Waals surface area contributed by atoms with Gasteiger partial charge in [0.1, 0.15) is 29.6 Å². The number of carbonyl (C=O) groups excluding carboxylic acids is 1. The van der Waals surface area contributed by atoms with Crippen molar-refractivity contribution in [3.8, 4) is 6.07 Å². The van der Waals surface area contributed by atoms with Gasteiger partial charge in [-0.1, -0.05) is 0 Å². The predicted octanol–water partition coefficient (Wildman–Crippen LogP) is 0.715. The number of nitrogens with zero attached hydrogens (tertiary/aromatic N) is 7. The molecule has 4 heterocycles. The summed E-state index contributed by atoms with van der Waals surface area (Å²) >= 11 is 0. The van der Waals surface area contributed by atoms with Crippen molar-refractivity contribution in [2.45, 2.75) is 31.7 Å². The van der Waals surface area contributed by atoms with Gasteiger partial charge in [0.05, 0.1) is 11.3 Å². The topological polar surface area (TPSA) is 143 Å². The summed E-state index contributed by atoms with van der Waals surface area (Å²) in [4.78, 5) is 28.9. The van der Waals surface area contributed by atoms with Crippen molar-refractivity contribution in [2.75, 3.05) is 43.4 Å². The van der Waals surface area contributed by atoms with Gasteiger partial charge in [0, 0.05) is 44.5 Å². The number of anilines is 2. The van der Waals surface area contributed by atoms with Crippen molar-refractivity contribution >= 4 is 23.5 Å². The lowest BCUT2D eigenvalue weighted by Gasteiger charge is -2.34. The molecule has 0 bridgehead atoms. The highest BCUT2D eigenvalue weighted by molar-refractivity contribution is 6.05. The minimum absolute atomic E-state index is 0.204. The minimum Gasteiger partial charge on any atom is -0.404 e. The summed E-state index contributed by atoms with van der Waals surface area (Å²) in [5.74, 6) is 2.02. The van der Waals surface area contributed by atoms with E-state index in [4.69, 9.17) is 16.5 Å². The Balaban J connectivity index is 1.52. The highest BCUT2D eigenvalue weighted by atomic mass is 16.1. The summed E-state index contributed by atoms with van der Waals surface area (Å²) in [5.41, 5.74) is 12.8. The molecule has 10 nitrogen and oxygen atoms in total. The zero-order valence-corrected chi connectivity index (χ0v) is 17.4. The van der Waals surface area contributed by atoms with Crippen molar-refractivity contribution in [2.24, 2.45) is 5.73 Å². The van der Waals surface area contributed by atoms with Gasteiger partial charge in [0.25, 0.3) is 0 Å². The number of aldehydes is 1. The first-order chi connectivity index (χ1) is 15.1. The molecule has 0 unspecified atom stereocenters. The van der Waals surface area contributed by atoms with Gasteiger partial charge in [0.2, 0.25) is 0 Å². The molecule has 0 saturated carbocycles. The second-order valence-corrected chi connectivity index (χ2v) is 7.94. The molecule has 31 heavy (non-hydrogen) atoms. The van der Waals surface area contributed by atoms with Crippen LogP contribution in [0, 0.1) is 11.3 Å². The lowest BCUT2D eigenvalue weighted by Crippen LogP contribution is -2.39. The van der Waals surface area contributed by atoms with Gasteiger partial charge in [-0.05, 0) is 32.4 Å². The molecule has 0 aliphatic carbocycles. The summed E-state index contributed by atoms with van der Waals surface area (Å²) in [6.45, 7) is 5.55. The quantitative estimate of drug-likeness (QED) is 0.488. The Hall–Kier alpha value is -3.45. The summed E-state index contributed by atoms with van der Waals surface area (Å²) in [5, 5.41) is 9.43. The smallest absolute Gasteiger partial charge is 0.153 e. The molecule has 162 valence electrons. The van der Waals surface area contributed by atoms with E-state index in [2.05, 4.69) is 30.4 Å². The Bertz CT molecular complexity index is 1010. The number of piperidine rings is 1. The van der Waals surface area contributed by atoms with Gasteiger partial charge in [-0.3, -0.25) is 4.79 Å². The first-order valence-electron chi connectivity index (χ1n) is 10.6. The monoisotopic (exact) mass is 421 g/mol. The van der Waals surface area contributed by atoms with Crippen LogP contribution >= 0.6 is 0 Å². The number of aromatic nitrogens is 4. The van der Waals surface area contributed by atoms with Crippen LogP contribution in [0.15, 0.2) is 18.7 Å². The Morgan fingerprint density at radius 2 is 2.00 bits per heavy atom. The first kappa shape index (κ1) is 20.8. The normalized spacial score (nSPS) is 17.9. The molecular formula is C21H27N9O. The van der Waals surface area contributed by atoms with Crippen LogP contribution in [-0.2, 0) is 11.3 Å². The van der Waals surface area contributed by atoms with Crippen LogP contribution in [0.3, 0.4) is 0 Å². The Morgan fingerprint density at radius 1 is 1.23 bits per heavy atom. The third-order valence-electron chi connectivity index (χ3n) is 6.14. The van der Waals surface area contributed by atoms with E-state index in [1.165, 1.54) is 18.9 Å². The average Bonchev–Trinajstić information content (AvgIpc) is 3.17. The molecule has 10 heteroatoms. The van der Waals surface area contributed by atoms with Crippen LogP contribution in [-0.4, -0.2) is 63.4 Å². The molecular weight excluding hydrogens is 394 g/mol. The largest absolute Gasteiger partial charge is 0.404 e. The fourth-order valence-electron chi connectivity index (χ4n) is 4.20. The number of hydrogen-bond acceptors (Lipinski definition) is 9. The highest BCUT2D eigenvalue weighted by Gasteiger charge is 2.28. The van der Waals surface area contributed by atoms with Crippen LogP contribution in [0.2, 0.25) is 0 Å². The molecule has 0 spiro atoms. The molecule has 0 aromatic carbocycles. The number of likely N-dealkylation sites (tertiary alicyclic amines) is 1. The van der Waals surface area contributed by atoms with Gasteiger partial charge in [0.15, 0.2) is 12.1 Å². The molecule has 2 aromatic rings. The lowest BCUT2D eigenvalue weighted by atomic mass is 9.95. The van der Waals surface area contributed by atoms with Crippen molar-refractivity contribution in [3.63, 3.8) is 0 Å². The second kappa shape index (κ2) is 9.14. The summed E-state index contributed by atoms with van der Waals surface area (Å²) in [7, 11) is 0. The number of nitriles is 1. The molecule has 4 rings (SSSR count). The van der Waals surface area contributed by atoms with Crippen LogP contribution in [0.25, 0.3) is 5.57 Å². The maximum atomic E-state index is 11.4. The van der Waals surface area contributed by atoms with E-state index in [0.29, 0.717) is 22.6 Å². The fourth-order valence-corrected chi connectivity index (χ4v) is 4.20. The highest BCUT2D eigenvalue weighted by Crippen LogP contribution is 2.32. The zero-order chi connectivity index (χ0) is 21.8. The number of carbonyl (C=O) groups is 1. The Labute approximate surface area is 181 Å². The summed E-state index contributed by atoms with van der Waals surface area (Å²) < 4.78 is 2.17. The SMILES string of the molecule is N#Cc1c(N)ncnc1N1CCC(c2nc(C(C=O)=CN)cn2CCN2CCC2)CC1.